The van der Waals surface area contributed by atoms with E-state index in [-0.39, 0.29) is 11.1 Å². The van der Waals surface area contributed by atoms with E-state index in [1.165, 1.54) is 12.1 Å². The standard InChI is InChI=1S/C8H4INO2S/c9-6-1-4(3-10)5(8(11)12)2-7(6)13/h1-2,13H,(H,11,12). The van der Waals surface area contributed by atoms with Crippen molar-refractivity contribution in [2.45, 2.75) is 4.90 Å². The largest absolute Gasteiger partial charge is 0.478 e. The average Bonchev–Trinajstić information content (AvgIpc) is 2.08. The van der Waals surface area contributed by atoms with Crippen molar-refractivity contribution in [3.63, 3.8) is 0 Å². The zero-order valence-electron chi connectivity index (χ0n) is 6.28. The first-order chi connectivity index (χ1) is 6.06. The van der Waals surface area contributed by atoms with Crippen LogP contribution in [0.3, 0.4) is 0 Å². The van der Waals surface area contributed by atoms with Gasteiger partial charge in [-0.15, -0.1) is 12.6 Å². The van der Waals surface area contributed by atoms with Gasteiger partial charge in [0, 0.05) is 8.47 Å². The fourth-order valence-electron chi connectivity index (χ4n) is 0.831. The van der Waals surface area contributed by atoms with Crippen LogP contribution in [0.4, 0.5) is 0 Å². The smallest absolute Gasteiger partial charge is 0.337 e. The normalized spacial score (nSPS) is 9.31. The molecule has 0 bridgehead atoms. The lowest BCUT2D eigenvalue weighted by Crippen LogP contribution is -2.00. The van der Waals surface area contributed by atoms with Crippen molar-refractivity contribution in [3.8, 4) is 6.07 Å². The molecule has 1 aromatic rings. The summed E-state index contributed by atoms with van der Waals surface area (Å²) in [4.78, 5) is 11.2. The zero-order chi connectivity index (χ0) is 10.0. The molecule has 0 aliphatic heterocycles. The summed E-state index contributed by atoms with van der Waals surface area (Å²) in [7, 11) is 0. The van der Waals surface area contributed by atoms with Crippen LogP contribution in [0.1, 0.15) is 15.9 Å². The van der Waals surface area contributed by atoms with Crippen molar-refractivity contribution in [1.82, 2.24) is 0 Å². The summed E-state index contributed by atoms with van der Waals surface area (Å²) >= 11 is 6.06. The van der Waals surface area contributed by atoms with Gasteiger partial charge in [-0.25, -0.2) is 4.79 Å². The summed E-state index contributed by atoms with van der Waals surface area (Å²) in [6, 6.07) is 4.71. The second kappa shape index (κ2) is 3.98. The second-order valence-corrected chi connectivity index (χ2v) is 3.91. The van der Waals surface area contributed by atoms with Gasteiger partial charge < -0.3 is 5.11 Å². The molecule has 0 amide bonds. The molecule has 0 unspecified atom stereocenters. The van der Waals surface area contributed by atoms with Crippen molar-refractivity contribution in [3.05, 3.63) is 26.8 Å². The molecule has 66 valence electrons. The Labute approximate surface area is 93.9 Å². The third-order valence-electron chi connectivity index (χ3n) is 1.44. The van der Waals surface area contributed by atoms with Crippen molar-refractivity contribution in [2.24, 2.45) is 0 Å². The summed E-state index contributed by atoms with van der Waals surface area (Å²) in [5.74, 6) is -1.11. The van der Waals surface area contributed by atoms with Gasteiger partial charge in [-0.2, -0.15) is 5.26 Å². The predicted molar refractivity (Wildman–Crippen MR) is 58.1 cm³/mol. The van der Waals surface area contributed by atoms with E-state index in [0.29, 0.717) is 4.90 Å². The maximum atomic E-state index is 10.7. The SMILES string of the molecule is N#Cc1cc(I)c(S)cc1C(=O)O. The lowest BCUT2D eigenvalue weighted by Gasteiger charge is -2.01. The lowest BCUT2D eigenvalue weighted by molar-refractivity contribution is 0.0696. The zero-order valence-corrected chi connectivity index (χ0v) is 9.33. The number of carbonyl (C=O) groups is 1. The van der Waals surface area contributed by atoms with E-state index in [4.69, 9.17) is 10.4 Å². The molecule has 1 rings (SSSR count). The van der Waals surface area contributed by atoms with Crippen LogP contribution in [0, 0.1) is 14.9 Å². The third kappa shape index (κ3) is 2.14. The van der Waals surface area contributed by atoms with Crippen LogP contribution in [0.25, 0.3) is 0 Å². The summed E-state index contributed by atoms with van der Waals surface area (Å²) in [6.07, 6.45) is 0. The van der Waals surface area contributed by atoms with Gasteiger partial charge in [-0.1, -0.05) is 0 Å². The number of benzene rings is 1. The first kappa shape index (κ1) is 10.3. The van der Waals surface area contributed by atoms with Gasteiger partial charge in [0.05, 0.1) is 11.1 Å². The highest BCUT2D eigenvalue weighted by Crippen LogP contribution is 2.21. The minimum Gasteiger partial charge on any atom is -0.478 e. The van der Waals surface area contributed by atoms with Crippen LogP contribution in [-0.2, 0) is 0 Å². The van der Waals surface area contributed by atoms with Crippen LogP contribution in [0.15, 0.2) is 17.0 Å². The minimum atomic E-state index is -1.11. The van der Waals surface area contributed by atoms with Gasteiger partial charge in [-0.3, -0.25) is 0 Å². The Morgan fingerprint density at radius 2 is 2.23 bits per heavy atom. The van der Waals surface area contributed by atoms with Crippen molar-refractivity contribution >= 4 is 41.2 Å². The number of carboxylic acid groups (broad SMARTS) is 1. The molecule has 1 aromatic carbocycles. The molecule has 0 radical (unpaired) electrons. The number of nitrogens with zero attached hydrogens (tertiary/aromatic N) is 1. The van der Waals surface area contributed by atoms with E-state index in [1.807, 2.05) is 28.7 Å². The summed E-state index contributed by atoms with van der Waals surface area (Å²) in [5.41, 5.74) is 0.155. The van der Waals surface area contributed by atoms with Crippen molar-refractivity contribution in [2.75, 3.05) is 0 Å². The van der Waals surface area contributed by atoms with Crippen molar-refractivity contribution in [1.29, 1.82) is 5.26 Å². The van der Waals surface area contributed by atoms with Crippen LogP contribution in [0.2, 0.25) is 0 Å². The maximum absolute atomic E-state index is 10.7. The number of aromatic carboxylic acids is 1. The van der Waals surface area contributed by atoms with Gasteiger partial charge in [0.2, 0.25) is 0 Å². The van der Waals surface area contributed by atoms with Gasteiger partial charge in [0.1, 0.15) is 6.07 Å². The molecule has 0 spiro atoms. The van der Waals surface area contributed by atoms with E-state index >= 15 is 0 Å². The van der Waals surface area contributed by atoms with Crippen LogP contribution >= 0.6 is 35.2 Å². The fraction of sp³-hybridized carbons (Fsp3) is 0. The quantitative estimate of drug-likeness (QED) is 0.617. The first-order valence-electron chi connectivity index (χ1n) is 3.22. The number of hydrogen-bond donors (Lipinski definition) is 2. The molecular weight excluding hydrogens is 301 g/mol. The Bertz CT molecular complexity index is 411. The van der Waals surface area contributed by atoms with E-state index < -0.39 is 5.97 Å². The van der Waals surface area contributed by atoms with E-state index in [0.717, 1.165) is 3.57 Å². The number of nitriles is 1. The summed E-state index contributed by atoms with van der Waals surface area (Å²) < 4.78 is 0.766. The maximum Gasteiger partial charge on any atom is 0.337 e. The highest BCUT2D eigenvalue weighted by atomic mass is 127. The van der Waals surface area contributed by atoms with E-state index in [2.05, 4.69) is 12.6 Å². The van der Waals surface area contributed by atoms with Gasteiger partial charge >= 0.3 is 5.97 Å². The summed E-state index contributed by atoms with van der Waals surface area (Å²) in [5, 5.41) is 17.4. The summed E-state index contributed by atoms with van der Waals surface area (Å²) in [6.45, 7) is 0. The lowest BCUT2D eigenvalue weighted by atomic mass is 10.1. The molecule has 1 N–H and O–H groups in total. The van der Waals surface area contributed by atoms with Crippen LogP contribution in [0.5, 0.6) is 0 Å². The second-order valence-electron chi connectivity index (χ2n) is 2.27. The van der Waals surface area contributed by atoms with Crippen LogP contribution < -0.4 is 0 Å². The topological polar surface area (TPSA) is 61.1 Å². The molecule has 0 saturated carbocycles. The van der Waals surface area contributed by atoms with Crippen molar-refractivity contribution < 1.29 is 9.90 Å². The molecular formula is C8H4INO2S. The van der Waals surface area contributed by atoms with Gasteiger partial charge in [0.25, 0.3) is 0 Å². The Morgan fingerprint density at radius 1 is 1.62 bits per heavy atom. The molecule has 5 heteroatoms. The predicted octanol–water partition coefficient (Wildman–Crippen LogP) is 2.15. The number of hydrogen-bond acceptors (Lipinski definition) is 3. The molecule has 3 nitrogen and oxygen atoms in total. The molecule has 0 heterocycles. The highest BCUT2D eigenvalue weighted by molar-refractivity contribution is 14.1. The molecule has 0 atom stereocenters. The Morgan fingerprint density at radius 3 is 2.69 bits per heavy atom. The molecule has 0 saturated heterocycles. The van der Waals surface area contributed by atoms with Gasteiger partial charge in [-0.05, 0) is 34.7 Å². The third-order valence-corrected chi connectivity index (χ3v) is 3.13. The van der Waals surface area contributed by atoms with E-state index in [1.54, 1.807) is 0 Å². The van der Waals surface area contributed by atoms with Crippen LogP contribution in [-0.4, -0.2) is 11.1 Å². The first-order valence-corrected chi connectivity index (χ1v) is 4.74. The number of rotatable bonds is 1. The van der Waals surface area contributed by atoms with E-state index in [9.17, 15) is 4.79 Å². The number of thiol groups is 1. The average molecular weight is 305 g/mol. The Hall–Kier alpha value is -0.740. The molecule has 0 fully saturated rings. The molecule has 13 heavy (non-hydrogen) atoms. The minimum absolute atomic E-state index is 0.00656. The monoisotopic (exact) mass is 305 g/mol. The number of halogens is 1. The highest BCUT2D eigenvalue weighted by Gasteiger charge is 2.11. The molecule has 0 aliphatic carbocycles. The molecule has 0 aliphatic rings. The fourth-order valence-corrected chi connectivity index (χ4v) is 1.49. The molecule has 0 aromatic heterocycles. The number of carboxylic acids is 1. The Balaban J connectivity index is 3.44. The van der Waals surface area contributed by atoms with Gasteiger partial charge in [0.15, 0.2) is 0 Å². The Kier molecular flexibility index (Phi) is 3.17.